The number of furan rings is 1. The maximum Gasteiger partial charge on any atom is 0.183 e. The monoisotopic (exact) mass is 420 g/mol. The predicted octanol–water partition coefficient (Wildman–Crippen LogP) is 5.98. The summed E-state index contributed by atoms with van der Waals surface area (Å²) in [5, 5.41) is 5.15. The van der Waals surface area contributed by atoms with Gasteiger partial charge in [0, 0.05) is 17.9 Å². The van der Waals surface area contributed by atoms with Gasteiger partial charge in [-0.1, -0.05) is 23.3 Å². The highest BCUT2D eigenvalue weighted by atomic mass is 35.5. The standard InChI is InChI=1S/C24H21ClN2O3/c1-15-12-16(2)19(23(29)13-15)9-10-22(28)20-14-21(24-4-3-11-30-24)27(26-20)18-7-5-17(25)6-8-18/h3-8,11-12,14H,9-10,13H2,1-2H3. The summed E-state index contributed by atoms with van der Waals surface area (Å²) >= 11 is 6.00. The fourth-order valence-corrected chi connectivity index (χ4v) is 3.81. The Labute approximate surface area is 179 Å². The van der Waals surface area contributed by atoms with Crippen molar-refractivity contribution in [3.05, 3.63) is 82.2 Å². The van der Waals surface area contributed by atoms with Gasteiger partial charge in [-0.15, -0.1) is 0 Å². The van der Waals surface area contributed by atoms with Crippen molar-refractivity contribution in [3.8, 4) is 17.1 Å². The van der Waals surface area contributed by atoms with E-state index in [1.54, 1.807) is 35.2 Å². The number of nitrogens with zero attached hydrogens (tertiary/aromatic N) is 2. The van der Waals surface area contributed by atoms with Crippen molar-refractivity contribution >= 4 is 23.2 Å². The highest BCUT2D eigenvalue weighted by molar-refractivity contribution is 6.30. The Balaban J connectivity index is 1.62. The largest absolute Gasteiger partial charge is 0.463 e. The first-order chi connectivity index (χ1) is 14.4. The average molecular weight is 421 g/mol. The van der Waals surface area contributed by atoms with Gasteiger partial charge in [0.2, 0.25) is 0 Å². The average Bonchev–Trinajstić information content (AvgIpc) is 3.37. The molecule has 1 aliphatic carbocycles. The number of hydrogen-bond donors (Lipinski definition) is 0. The molecule has 1 aliphatic rings. The third-order valence-corrected chi connectivity index (χ3v) is 5.41. The number of benzene rings is 1. The molecule has 0 radical (unpaired) electrons. The van der Waals surface area contributed by atoms with Gasteiger partial charge in [-0.2, -0.15) is 5.10 Å². The van der Waals surface area contributed by atoms with Crippen LogP contribution in [-0.2, 0) is 4.79 Å². The number of halogens is 1. The van der Waals surface area contributed by atoms with Crippen LogP contribution in [-0.4, -0.2) is 21.3 Å². The van der Waals surface area contributed by atoms with Crippen LogP contribution < -0.4 is 0 Å². The van der Waals surface area contributed by atoms with Crippen LogP contribution in [0.15, 0.2) is 75.9 Å². The molecule has 2 aromatic heterocycles. The van der Waals surface area contributed by atoms with Crippen LogP contribution in [0.4, 0.5) is 0 Å². The quantitative estimate of drug-likeness (QED) is 0.460. The molecular weight excluding hydrogens is 400 g/mol. The Morgan fingerprint density at radius 3 is 2.63 bits per heavy atom. The molecule has 0 fully saturated rings. The normalized spacial score (nSPS) is 14.2. The molecule has 0 amide bonds. The van der Waals surface area contributed by atoms with E-state index in [0.717, 1.165) is 22.4 Å². The van der Waals surface area contributed by atoms with E-state index in [1.807, 2.05) is 38.1 Å². The van der Waals surface area contributed by atoms with Gasteiger partial charge in [0.05, 0.1) is 12.0 Å². The zero-order chi connectivity index (χ0) is 21.3. The van der Waals surface area contributed by atoms with Crippen LogP contribution in [0.3, 0.4) is 0 Å². The molecule has 1 aromatic carbocycles. The number of Topliss-reactive ketones (excluding diaryl/α,β-unsaturated/α-hetero) is 2. The zero-order valence-electron chi connectivity index (χ0n) is 16.8. The topological polar surface area (TPSA) is 65.1 Å². The van der Waals surface area contributed by atoms with E-state index in [0.29, 0.717) is 35.0 Å². The number of allylic oxidation sites excluding steroid dienone is 4. The zero-order valence-corrected chi connectivity index (χ0v) is 17.6. The first kappa shape index (κ1) is 20.1. The van der Waals surface area contributed by atoms with Gasteiger partial charge in [0.1, 0.15) is 11.4 Å². The molecular formula is C24H21ClN2O3. The van der Waals surface area contributed by atoms with Crippen molar-refractivity contribution in [2.45, 2.75) is 33.1 Å². The summed E-state index contributed by atoms with van der Waals surface area (Å²) in [4.78, 5) is 25.2. The minimum Gasteiger partial charge on any atom is -0.463 e. The third kappa shape index (κ3) is 4.07. The number of carbonyl (C=O) groups is 2. The molecule has 152 valence electrons. The van der Waals surface area contributed by atoms with E-state index in [2.05, 4.69) is 5.10 Å². The molecule has 5 nitrogen and oxygen atoms in total. The van der Waals surface area contributed by atoms with Crippen molar-refractivity contribution in [1.82, 2.24) is 9.78 Å². The fourth-order valence-electron chi connectivity index (χ4n) is 3.69. The first-order valence-corrected chi connectivity index (χ1v) is 10.1. The van der Waals surface area contributed by atoms with Gasteiger partial charge in [0.15, 0.2) is 17.3 Å². The second kappa shape index (κ2) is 8.28. The first-order valence-electron chi connectivity index (χ1n) is 9.75. The van der Waals surface area contributed by atoms with Crippen molar-refractivity contribution in [1.29, 1.82) is 0 Å². The summed E-state index contributed by atoms with van der Waals surface area (Å²) < 4.78 is 7.21. The summed E-state index contributed by atoms with van der Waals surface area (Å²) in [6, 6.07) is 12.5. The second-order valence-electron chi connectivity index (χ2n) is 7.46. The van der Waals surface area contributed by atoms with Crippen LogP contribution in [0, 0.1) is 0 Å². The lowest BCUT2D eigenvalue weighted by Crippen LogP contribution is -2.12. The van der Waals surface area contributed by atoms with E-state index >= 15 is 0 Å². The number of aromatic nitrogens is 2. The highest BCUT2D eigenvalue weighted by Gasteiger charge is 2.21. The molecule has 30 heavy (non-hydrogen) atoms. The number of carbonyl (C=O) groups excluding carboxylic acids is 2. The fraction of sp³-hybridized carbons (Fsp3) is 0.208. The summed E-state index contributed by atoms with van der Waals surface area (Å²) in [6.45, 7) is 3.87. The Bertz CT molecular complexity index is 1170. The Morgan fingerprint density at radius 1 is 1.20 bits per heavy atom. The summed E-state index contributed by atoms with van der Waals surface area (Å²) in [5.41, 5.74) is 4.51. The molecule has 0 bridgehead atoms. The molecule has 0 atom stereocenters. The van der Waals surface area contributed by atoms with Crippen molar-refractivity contribution in [3.63, 3.8) is 0 Å². The van der Waals surface area contributed by atoms with E-state index in [4.69, 9.17) is 16.0 Å². The van der Waals surface area contributed by atoms with Gasteiger partial charge in [-0.3, -0.25) is 9.59 Å². The van der Waals surface area contributed by atoms with Gasteiger partial charge in [0.25, 0.3) is 0 Å². The van der Waals surface area contributed by atoms with Crippen molar-refractivity contribution in [2.24, 2.45) is 0 Å². The van der Waals surface area contributed by atoms with Crippen LogP contribution in [0.25, 0.3) is 17.1 Å². The van der Waals surface area contributed by atoms with Crippen LogP contribution in [0.5, 0.6) is 0 Å². The SMILES string of the molecule is CC1=CC(C)=C(CCC(=O)c2cc(-c3ccco3)n(-c3ccc(Cl)cc3)n2)C(=O)C1. The van der Waals surface area contributed by atoms with Crippen LogP contribution in [0.1, 0.15) is 43.6 Å². The lowest BCUT2D eigenvalue weighted by Gasteiger charge is -2.14. The van der Waals surface area contributed by atoms with Gasteiger partial charge < -0.3 is 4.42 Å². The summed E-state index contributed by atoms with van der Waals surface area (Å²) in [6.07, 6.45) is 4.66. The molecule has 0 aliphatic heterocycles. The van der Waals surface area contributed by atoms with Gasteiger partial charge in [-0.25, -0.2) is 4.68 Å². The molecule has 0 spiro atoms. The Kier molecular flexibility index (Phi) is 5.55. The molecule has 4 rings (SSSR count). The van der Waals surface area contributed by atoms with Crippen LogP contribution in [0.2, 0.25) is 5.02 Å². The van der Waals surface area contributed by atoms with Gasteiger partial charge in [-0.05, 0) is 73.9 Å². The van der Waals surface area contributed by atoms with Crippen molar-refractivity contribution < 1.29 is 14.0 Å². The molecule has 2 heterocycles. The predicted molar refractivity (Wildman–Crippen MR) is 116 cm³/mol. The maximum absolute atomic E-state index is 12.9. The van der Waals surface area contributed by atoms with E-state index < -0.39 is 0 Å². The second-order valence-corrected chi connectivity index (χ2v) is 7.89. The number of hydrogen-bond acceptors (Lipinski definition) is 4. The Morgan fingerprint density at radius 2 is 1.97 bits per heavy atom. The molecule has 0 unspecified atom stereocenters. The lowest BCUT2D eigenvalue weighted by molar-refractivity contribution is -0.115. The summed E-state index contributed by atoms with van der Waals surface area (Å²) in [5.74, 6) is 0.594. The van der Waals surface area contributed by atoms with E-state index in [-0.39, 0.29) is 18.0 Å². The summed E-state index contributed by atoms with van der Waals surface area (Å²) in [7, 11) is 0. The molecule has 6 heteroatoms. The third-order valence-electron chi connectivity index (χ3n) is 5.16. The minimum atomic E-state index is -0.116. The maximum atomic E-state index is 12.9. The smallest absolute Gasteiger partial charge is 0.183 e. The van der Waals surface area contributed by atoms with Crippen LogP contribution >= 0.6 is 11.6 Å². The molecule has 0 saturated carbocycles. The number of ketones is 2. The lowest BCUT2D eigenvalue weighted by atomic mass is 9.89. The number of rotatable bonds is 6. The molecule has 0 saturated heterocycles. The van der Waals surface area contributed by atoms with Crippen molar-refractivity contribution in [2.75, 3.05) is 0 Å². The minimum absolute atomic E-state index is 0.100. The van der Waals surface area contributed by atoms with Gasteiger partial charge >= 0.3 is 0 Å². The molecule has 3 aromatic rings. The van der Waals surface area contributed by atoms with E-state index in [9.17, 15) is 9.59 Å². The van der Waals surface area contributed by atoms with E-state index in [1.165, 1.54) is 0 Å². The molecule has 0 N–H and O–H groups in total. The highest BCUT2D eigenvalue weighted by Crippen LogP contribution is 2.28. The Hall–Kier alpha value is -3.18.